The molecule has 1 saturated heterocycles. The van der Waals surface area contributed by atoms with E-state index in [1.807, 2.05) is 0 Å². The van der Waals surface area contributed by atoms with Crippen LogP contribution in [-0.2, 0) is 25.3 Å². The van der Waals surface area contributed by atoms with Crippen molar-refractivity contribution in [2.75, 3.05) is 32.8 Å². The number of alkyl halides is 3. The number of ether oxygens (including phenoxy) is 1. The van der Waals surface area contributed by atoms with Crippen molar-refractivity contribution < 1.29 is 37.1 Å². The van der Waals surface area contributed by atoms with Crippen molar-refractivity contribution in [1.82, 2.24) is 20.0 Å². The molecule has 2 aromatic rings. The van der Waals surface area contributed by atoms with Gasteiger partial charge in [0.15, 0.2) is 0 Å². The molecule has 3 heterocycles. The fourth-order valence-corrected chi connectivity index (χ4v) is 6.18. The van der Waals surface area contributed by atoms with Crippen LogP contribution in [0.25, 0.3) is 0 Å². The minimum atomic E-state index is -4.74. The SMILES string of the molecule is C=CCN1C(=O)N[C@H](c2ccccc2C(F)(F)F)C2=C1CN([C@@H](C(=O)N1CCC[C@H](C(=O)OCC)C1)c1ccccc1)C2=O. The summed E-state index contributed by atoms with van der Waals surface area (Å²) in [5, 5.41) is 2.59. The van der Waals surface area contributed by atoms with Crippen LogP contribution < -0.4 is 5.32 Å². The molecule has 3 atom stereocenters. The second-order valence-corrected chi connectivity index (χ2v) is 10.8. The van der Waals surface area contributed by atoms with E-state index in [9.17, 15) is 32.3 Å². The maximum absolute atomic E-state index is 14.3. The summed E-state index contributed by atoms with van der Waals surface area (Å²) in [6.45, 7) is 5.87. The number of carbonyl (C=O) groups excluding carboxylic acids is 4. The third kappa shape index (κ3) is 5.80. The Morgan fingerprint density at radius 1 is 1.11 bits per heavy atom. The van der Waals surface area contributed by atoms with E-state index in [4.69, 9.17) is 4.74 Å². The summed E-state index contributed by atoms with van der Waals surface area (Å²) in [5.41, 5.74) is -0.595. The van der Waals surface area contributed by atoms with Crippen molar-refractivity contribution >= 4 is 23.8 Å². The van der Waals surface area contributed by atoms with E-state index in [1.165, 1.54) is 39.0 Å². The lowest BCUT2D eigenvalue weighted by Crippen LogP contribution is -2.49. The summed E-state index contributed by atoms with van der Waals surface area (Å²) in [4.78, 5) is 58.5. The molecule has 0 aliphatic carbocycles. The van der Waals surface area contributed by atoms with Gasteiger partial charge in [0, 0.05) is 19.6 Å². The number of piperidine rings is 1. The Bertz CT molecular complexity index is 1490. The summed E-state index contributed by atoms with van der Waals surface area (Å²) in [7, 11) is 0. The zero-order valence-corrected chi connectivity index (χ0v) is 24.2. The van der Waals surface area contributed by atoms with Gasteiger partial charge in [0.2, 0.25) is 5.91 Å². The molecule has 3 aliphatic heterocycles. The molecule has 0 radical (unpaired) electrons. The lowest BCUT2D eigenvalue weighted by Gasteiger charge is -2.37. The van der Waals surface area contributed by atoms with Gasteiger partial charge in [-0.2, -0.15) is 13.2 Å². The minimum absolute atomic E-state index is 0.00325. The number of likely N-dealkylation sites (tertiary alicyclic amines) is 1. The number of benzene rings is 2. The number of hydrogen-bond acceptors (Lipinski definition) is 5. The molecule has 9 nitrogen and oxygen atoms in total. The molecule has 0 spiro atoms. The smallest absolute Gasteiger partial charge is 0.416 e. The molecule has 3 aliphatic rings. The minimum Gasteiger partial charge on any atom is -0.466 e. The van der Waals surface area contributed by atoms with Gasteiger partial charge in [-0.05, 0) is 37.0 Å². The maximum atomic E-state index is 14.3. The Labute approximate surface area is 252 Å². The van der Waals surface area contributed by atoms with Gasteiger partial charge in [-0.1, -0.05) is 54.6 Å². The molecule has 1 N–H and O–H groups in total. The lowest BCUT2D eigenvalue weighted by atomic mass is 9.91. The third-order valence-corrected chi connectivity index (χ3v) is 8.15. The topological polar surface area (TPSA) is 99.3 Å². The Hall–Kier alpha value is -4.61. The molecular formula is C32H33F3N4O5. The first kappa shape index (κ1) is 30.8. The molecule has 232 valence electrons. The average Bonchev–Trinajstić information content (AvgIpc) is 3.35. The molecule has 5 rings (SSSR count). The Morgan fingerprint density at radius 3 is 2.50 bits per heavy atom. The molecule has 4 amide bonds. The van der Waals surface area contributed by atoms with Gasteiger partial charge < -0.3 is 19.9 Å². The zero-order chi connectivity index (χ0) is 31.6. The van der Waals surface area contributed by atoms with E-state index in [1.54, 1.807) is 37.3 Å². The molecule has 0 aromatic heterocycles. The number of nitrogens with one attached hydrogen (secondary N) is 1. The first-order valence-corrected chi connectivity index (χ1v) is 14.5. The highest BCUT2D eigenvalue weighted by molar-refractivity contribution is 6.04. The Kier molecular flexibility index (Phi) is 8.80. The summed E-state index contributed by atoms with van der Waals surface area (Å²) in [6, 6.07) is 10.1. The molecule has 0 unspecified atom stereocenters. The molecule has 1 fully saturated rings. The monoisotopic (exact) mass is 610 g/mol. The number of amides is 4. The van der Waals surface area contributed by atoms with Crippen LogP contribution in [0, 0.1) is 5.92 Å². The predicted molar refractivity (Wildman–Crippen MR) is 153 cm³/mol. The van der Waals surface area contributed by atoms with E-state index < -0.39 is 53.6 Å². The van der Waals surface area contributed by atoms with Gasteiger partial charge in [-0.3, -0.25) is 19.3 Å². The van der Waals surface area contributed by atoms with Crippen LogP contribution in [0.4, 0.5) is 18.0 Å². The quantitative estimate of drug-likeness (QED) is 0.348. The molecule has 12 heteroatoms. The van der Waals surface area contributed by atoms with E-state index in [0.717, 1.165) is 6.07 Å². The second-order valence-electron chi connectivity index (χ2n) is 10.8. The zero-order valence-electron chi connectivity index (χ0n) is 24.2. The van der Waals surface area contributed by atoms with Crippen molar-refractivity contribution in [1.29, 1.82) is 0 Å². The van der Waals surface area contributed by atoms with Crippen LogP contribution in [0.1, 0.15) is 48.5 Å². The largest absolute Gasteiger partial charge is 0.466 e. The van der Waals surface area contributed by atoms with Crippen LogP contribution in [0.2, 0.25) is 0 Å². The number of hydrogen-bond donors (Lipinski definition) is 1. The summed E-state index contributed by atoms with van der Waals surface area (Å²) < 4.78 is 47.4. The number of esters is 1. The van der Waals surface area contributed by atoms with Gasteiger partial charge in [0.1, 0.15) is 6.04 Å². The van der Waals surface area contributed by atoms with E-state index >= 15 is 0 Å². The lowest BCUT2D eigenvalue weighted by molar-refractivity contribution is -0.153. The molecule has 44 heavy (non-hydrogen) atoms. The summed E-state index contributed by atoms with van der Waals surface area (Å²) >= 11 is 0. The average molecular weight is 611 g/mol. The highest BCUT2D eigenvalue weighted by Crippen LogP contribution is 2.43. The second kappa shape index (κ2) is 12.6. The Balaban J connectivity index is 1.56. The van der Waals surface area contributed by atoms with Gasteiger partial charge in [-0.15, -0.1) is 6.58 Å². The van der Waals surface area contributed by atoms with Crippen LogP contribution >= 0.6 is 0 Å². The third-order valence-electron chi connectivity index (χ3n) is 8.15. The Morgan fingerprint density at radius 2 is 1.82 bits per heavy atom. The molecular weight excluding hydrogens is 577 g/mol. The molecule has 0 bridgehead atoms. The van der Waals surface area contributed by atoms with Crippen LogP contribution in [0.15, 0.2) is 78.5 Å². The maximum Gasteiger partial charge on any atom is 0.416 e. The predicted octanol–water partition coefficient (Wildman–Crippen LogP) is 4.60. The van der Waals surface area contributed by atoms with Gasteiger partial charge in [0.25, 0.3) is 5.91 Å². The van der Waals surface area contributed by atoms with Gasteiger partial charge in [0.05, 0.1) is 41.9 Å². The first-order valence-electron chi connectivity index (χ1n) is 14.5. The highest BCUT2D eigenvalue weighted by Gasteiger charge is 2.50. The standard InChI is InChI=1S/C32H33F3N4O5/c1-3-16-38-24-19-39(28(40)25(24)26(36-31(38)43)22-14-8-9-15-23(22)32(33,34)35)27(20-11-6-5-7-12-20)29(41)37-17-10-13-21(18-37)30(42)44-4-2/h3,5-9,11-12,14-15,21,26-27H,1,4,10,13,16-19H2,2H3,(H,36,43)/t21-,26+,27+/m0/s1. The summed E-state index contributed by atoms with van der Waals surface area (Å²) in [6.07, 6.45) is -2.18. The van der Waals surface area contributed by atoms with Crippen molar-refractivity contribution in [2.45, 2.75) is 38.0 Å². The molecule has 0 saturated carbocycles. The van der Waals surface area contributed by atoms with Crippen molar-refractivity contribution in [3.05, 3.63) is 95.2 Å². The van der Waals surface area contributed by atoms with Crippen LogP contribution in [0.3, 0.4) is 0 Å². The van der Waals surface area contributed by atoms with Crippen molar-refractivity contribution in [2.24, 2.45) is 5.92 Å². The van der Waals surface area contributed by atoms with Crippen molar-refractivity contribution in [3.8, 4) is 0 Å². The number of urea groups is 1. The first-order chi connectivity index (χ1) is 21.1. The summed E-state index contributed by atoms with van der Waals surface area (Å²) in [5.74, 6) is -2.01. The van der Waals surface area contributed by atoms with Crippen LogP contribution in [-0.4, -0.2) is 71.3 Å². The van der Waals surface area contributed by atoms with Crippen LogP contribution in [0.5, 0.6) is 0 Å². The number of nitrogens with zero attached hydrogens (tertiary/aromatic N) is 3. The van der Waals surface area contributed by atoms with E-state index in [2.05, 4.69) is 11.9 Å². The number of carbonyl (C=O) groups is 4. The fourth-order valence-electron chi connectivity index (χ4n) is 6.18. The van der Waals surface area contributed by atoms with Gasteiger partial charge in [-0.25, -0.2) is 4.79 Å². The van der Waals surface area contributed by atoms with E-state index in [0.29, 0.717) is 24.9 Å². The van der Waals surface area contributed by atoms with E-state index in [-0.39, 0.29) is 43.1 Å². The van der Waals surface area contributed by atoms with Gasteiger partial charge >= 0.3 is 18.2 Å². The number of halogens is 3. The number of rotatable bonds is 8. The molecule has 2 aromatic carbocycles. The fraction of sp³-hybridized carbons (Fsp3) is 0.375. The van der Waals surface area contributed by atoms with Crippen molar-refractivity contribution in [3.63, 3.8) is 0 Å². The normalized spacial score (nSPS) is 21.1. The highest BCUT2D eigenvalue weighted by atomic mass is 19.4.